The van der Waals surface area contributed by atoms with Crippen LogP contribution in [0, 0.1) is 13.8 Å². The molecule has 2 N–H and O–H groups in total. The second-order valence-electron chi connectivity index (χ2n) is 10.5. The highest BCUT2D eigenvalue weighted by atomic mass is 16.6. The third kappa shape index (κ3) is 10.1. The van der Waals surface area contributed by atoms with Crippen LogP contribution in [0.2, 0.25) is 0 Å². The van der Waals surface area contributed by atoms with Crippen LogP contribution >= 0.6 is 0 Å². The summed E-state index contributed by atoms with van der Waals surface area (Å²) >= 11 is 0. The molecule has 0 aromatic heterocycles. The molecule has 3 amide bonds. The van der Waals surface area contributed by atoms with Gasteiger partial charge in [0.15, 0.2) is 0 Å². The Labute approximate surface area is 231 Å². The van der Waals surface area contributed by atoms with Crippen LogP contribution in [-0.4, -0.2) is 60.6 Å². The molecule has 9 nitrogen and oxygen atoms in total. The zero-order valence-electron chi connectivity index (χ0n) is 24.0. The van der Waals surface area contributed by atoms with E-state index in [9.17, 15) is 19.2 Å². The summed E-state index contributed by atoms with van der Waals surface area (Å²) in [5, 5.41) is 5.34. The van der Waals surface area contributed by atoms with Crippen molar-refractivity contribution in [2.75, 3.05) is 20.2 Å². The number of hydrogen-bond acceptors (Lipinski definition) is 6. The topological polar surface area (TPSA) is 114 Å². The first-order valence-electron chi connectivity index (χ1n) is 13.1. The fraction of sp³-hybridized carbons (Fsp3) is 0.467. The summed E-state index contributed by atoms with van der Waals surface area (Å²) in [5.41, 5.74) is 2.52. The van der Waals surface area contributed by atoms with Crippen molar-refractivity contribution < 1.29 is 28.7 Å². The molecule has 39 heavy (non-hydrogen) atoms. The van der Waals surface area contributed by atoms with Gasteiger partial charge in [-0.2, -0.15) is 0 Å². The highest BCUT2D eigenvalue weighted by Crippen LogP contribution is 2.26. The molecule has 0 radical (unpaired) electrons. The second-order valence-corrected chi connectivity index (χ2v) is 10.5. The van der Waals surface area contributed by atoms with E-state index in [4.69, 9.17) is 4.74 Å². The molecule has 2 unspecified atom stereocenters. The van der Waals surface area contributed by atoms with Crippen molar-refractivity contribution in [3.05, 3.63) is 70.8 Å². The highest BCUT2D eigenvalue weighted by Gasteiger charge is 2.36. The van der Waals surface area contributed by atoms with Gasteiger partial charge in [0.1, 0.15) is 24.2 Å². The lowest BCUT2D eigenvalue weighted by molar-refractivity contribution is -0.144. The third-order valence-electron chi connectivity index (χ3n) is 5.77. The van der Waals surface area contributed by atoms with Crippen LogP contribution in [0.25, 0.3) is 0 Å². The normalized spacial score (nSPS) is 12.6. The van der Waals surface area contributed by atoms with Gasteiger partial charge in [0.05, 0.1) is 7.11 Å². The molecule has 2 rings (SSSR count). The van der Waals surface area contributed by atoms with Crippen LogP contribution in [0.3, 0.4) is 0 Å². The molecule has 0 bridgehead atoms. The van der Waals surface area contributed by atoms with Gasteiger partial charge in [-0.15, -0.1) is 0 Å². The number of benzene rings is 2. The lowest BCUT2D eigenvalue weighted by Gasteiger charge is -2.34. The molecule has 0 saturated carbocycles. The number of esters is 1. The van der Waals surface area contributed by atoms with E-state index in [1.54, 1.807) is 20.8 Å². The predicted molar refractivity (Wildman–Crippen MR) is 149 cm³/mol. The number of amides is 3. The summed E-state index contributed by atoms with van der Waals surface area (Å²) < 4.78 is 10.1. The fourth-order valence-electron chi connectivity index (χ4n) is 4.28. The fourth-order valence-corrected chi connectivity index (χ4v) is 4.28. The highest BCUT2D eigenvalue weighted by molar-refractivity contribution is 5.93. The number of carbonyl (C=O) groups is 4. The molecule has 2 aromatic rings. The zero-order chi connectivity index (χ0) is 29.2. The van der Waals surface area contributed by atoms with Gasteiger partial charge in [-0.1, -0.05) is 66.6 Å². The summed E-state index contributed by atoms with van der Waals surface area (Å²) in [5.74, 6) is -1.57. The van der Waals surface area contributed by atoms with Gasteiger partial charge in [-0.05, 0) is 52.2 Å². The molecule has 0 heterocycles. The van der Waals surface area contributed by atoms with Crippen LogP contribution in [-0.2, 0) is 30.3 Å². The van der Waals surface area contributed by atoms with E-state index in [-0.39, 0.29) is 19.5 Å². The van der Waals surface area contributed by atoms with Crippen molar-refractivity contribution in [1.82, 2.24) is 15.5 Å². The van der Waals surface area contributed by atoms with Gasteiger partial charge in [0.25, 0.3) is 0 Å². The largest absolute Gasteiger partial charge is 0.468 e. The SMILES string of the molecule is CCCN(C(=O)C(Cc1ccccc1)NC(=O)OC(C)(C)C)C(C(=O)NCC(=O)OC)c1cc(C)cc(C)c1. The maximum atomic E-state index is 14.2. The number of nitrogens with zero attached hydrogens (tertiary/aromatic N) is 1. The van der Waals surface area contributed by atoms with Gasteiger partial charge in [0.2, 0.25) is 11.8 Å². The summed E-state index contributed by atoms with van der Waals surface area (Å²) in [6.45, 7) is 10.8. The third-order valence-corrected chi connectivity index (χ3v) is 5.77. The number of rotatable bonds is 11. The van der Waals surface area contributed by atoms with Gasteiger partial charge >= 0.3 is 12.1 Å². The average Bonchev–Trinajstić information content (AvgIpc) is 2.85. The van der Waals surface area contributed by atoms with E-state index < -0.39 is 41.6 Å². The van der Waals surface area contributed by atoms with Crippen molar-refractivity contribution in [3.63, 3.8) is 0 Å². The standard InChI is InChI=1S/C30H41N3O6/c1-8-14-33(26(27(35)31-19-25(34)38-7)23-16-20(2)15-21(3)17-23)28(36)24(18-22-12-10-9-11-13-22)32-29(37)39-30(4,5)6/h9-13,15-17,24,26H,8,14,18-19H2,1-7H3,(H,31,35)(H,32,37). The number of alkyl carbamates (subject to hydrolysis) is 1. The van der Waals surface area contributed by atoms with E-state index in [1.165, 1.54) is 12.0 Å². The van der Waals surface area contributed by atoms with Crippen LogP contribution in [0.1, 0.15) is 62.4 Å². The number of nitrogens with one attached hydrogen (secondary N) is 2. The van der Waals surface area contributed by atoms with Crippen molar-refractivity contribution >= 4 is 23.9 Å². The average molecular weight is 540 g/mol. The Morgan fingerprint density at radius 2 is 1.59 bits per heavy atom. The first kappa shape index (κ1) is 31.3. The molecule has 0 saturated heterocycles. The Bertz CT molecular complexity index is 1120. The Balaban J connectivity index is 2.54. The molecule has 212 valence electrons. The molecule has 0 aliphatic rings. The monoisotopic (exact) mass is 539 g/mol. The molecule has 0 aliphatic carbocycles. The van der Waals surface area contributed by atoms with E-state index in [1.807, 2.05) is 69.3 Å². The molecule has 2 aromatic carbocycles. The van der Waals surface area contributed by atoms with Crippen LogP contribution < -0.4 is 10.6 Å². The van der Waals surface area contributed by atoms with E-state index in [0.29, 0.717) is 12.0 Å². The Morgan fingerprint density at radius 1 is 0.974 bits per heavy atom. The number of aryl methyl sites for hydroxylation is 2. The van der Waals surface area contributed by atoms with Gasteiger partial charge in [0, 0.05) is 13.0 Å². The van der Waals surface area contributed by atoms with Crippen molar-refractivity contribution in [1.29, 1.82) is 0 Å². The van der Waals surface area contributed by atoms with Gasteiger partial charge in [-0.25, -0.2) is 4.79 Å². The summed E-state index contributed by atoms with van der Waals surface area (Å²) in [6, 6.07) is 12.9. The van der Waals surface area contributed by atoms with Gasteiger partial charge < -0.3 is 25.0 Å². The Kier molecular flexibility index (Phi) is 11.5. The molecule has 0 fully saturated rings. The Morgan fingerprint density at radius 3 is 2.13 bits per heavy atom. The van der Waals surface area contributed by atoms with Crippen molar-refractivity contribution in [3.8, 4) is 0 Å². The lowest BCUT2D eigenvalue weighted by atomic mass is 9.97. The minimum atomic E-state index is -1.04. The van der Waals surface area contributed by atoms with E-state index in [0.717, 1.165) is 16.7 Å². The van der Waals surface area contributed by atoms with Gasteiger partial charge in [-0.3, -0.25) is 14.4 Å². The number of methoxy groups -OCH3 is 1. The predicted octanol–water partition coefficient (Wildman–Crippen LogP) is 4.01. The quantitative estimate of drug-likeness (QED) is 0.417. The number of carbonyl (C=O) groups excluding carboxylic acids is 4. The first-order chi connectivity index (χ1) is 18.3. The summed E-state index contributed by atoms with van der Waals surface area (Å²) in [6.07, 6.45) is 0.0240. The second kappa shape index (κ2) is 14.3. The first-order valence-corrected chi connectivity index (χ1v) is 13.1. The van der Waals surface area contributed by atoms with Crippen molar-refractivity contribution in [2.45, 2.75) is 72.1 Å². The number of ether oxygens (including phenoxy) is 2. The van der Waals surface area contributed by atoms with Crippen LogP contribution in [0.5, 0.6) is 0 Å². The minimum Gasteiger partial charge on any atom is -0.468 e. The van der Waals surface area contributed by atoms with Crippen LogP contribution in [0.15, 0.2) is 48.5 Å². The van der Waals surface area contributed by atoms with Crippen LogP contribution in [0.4, 0.5) is 4.79 Å². The smallest absolute Gasteiger partial charge is 0.408 e. The zero-order valence-corrected chi connectivity index (χ0v) is 24.0. The minimum absolute atomic E-state index is 0.197. The maximum absolute atomic E-state index is 14.2. The number of hydrogen-bond donors (Lipinski definition) is 2. The van der Waals surface area contributed by atoms with Crippen molar-refractivity contribution in [2.24, 2.45) is 0 Å². The molecule has 9 heteroatoms. The summed E-state index contributed by atoms with van der Waals surface area (Å²) in [7, 11) is 1.24. The van der Waals surface area contributed by atoms with E-state index >= 15 is 0 Å². The molecular formula is C30H41N3O6. The van der Waals surface area contributed by atoms with E-state index in [2.05, 4.69) is 15.4 Å². The summed E-state index contributed by atoms with van der Waals surface area (Å²) in [4.78, 5) is 53.8. The Hall–Kier alpha value is -3.88. The molecule has 2 atom stereocenters. The lowest BCUT2D eigenvalue weighted by Crippen LogP contribution is -2.54. The molecule has 0 aliphatic heterocycles. The maximum Gasteiger partial charge on any atom is 0.408 e. The molecular weight excluding hydrogens is 498 g/mol. The molecule has 0 spiro atoms.